The van der Waals surface area contributed by atoms with Crippen molar-refractivity contribution in [2.75, 3.05) is 13.2 Å². The van der Waals surface area contributed by atoms with Crippen molar-refractivity contribution in [1.29, 1.82) is 0 Å². The van der Waals surface area contributed by atoms with Crippen LogP contribution in [-0.2, 0) is 4.74 Å². The number of aliphatic hydroxyl groups is 1. The molecular weight excluding hydrogens is 335 g/mol. The summed E-state index contributed by atoms with van der Waals surface area (Å²) < 4.78 is 18.4. The Balaban J connectivity index is 1.53. The normalized spacial score (nSPS) is 19.6. The summed E-state index contributed by atoms with van der Waals surface area (Å²) in [7, 11) is 0. The second kappa shape index (κ2) is 6.82. The number of hydrogen-bond acceptors (Lipinski definition) is 4. The van der Waals surface area contributed by atoms with Gasteiger partial charge in [0.1, 0.15) is 5.82 Å². The molecule has 1 aromatic heterocycles. The van der Waals surface area contributed by atoms with E-state index in [2.05, 4.69) is 10.3 Å². The molecule has 0 spiro atoms. The predicted molar refractivity (Wildman–Crippen MR) is 95.2 cm³/mol. The summed E-state index contributed by atoms with van der Waals surface area (Å²) in [5.74, 6) is -0.566. The predicted octanol–water partition coefficient (Wildman–Crippen LogP) is 2.53. The first-order valence-corrected chi connectivity index (χ1v) is 8.32. The highest BCUT2D eigenvalue weighted by molar-refractivity contribution is 5.95. The molecule has 26 heavy (non-hydrogen) atoms. The monoisotopic (exact) mass is 352 g/mol. The number of nitrogens with one attached hydrogen (secondary N) is 1. The summed E-state index contributed by atoms with van der Waals surface area (Å²) in [5, 5.41) is 13.3. The van der Waals surface area contributed by atoms with Crippen LogP contribution in [0, 0.1) is 5.82 Å². The molecule has 0 unspecified atom stereocenters. The Bertz CT molecular complexity index is 959. The maximum atomic E-state index is 13.2. The fourth-order valence-corrected chi connectivity index (χ4v) is 3.00. The summed E-state index contributed by atoms with van der Waals surface area (Å²) in [4.78, 5) is 16.6. The van der Waals surface area contributed by atoms with Gasteiger partial charge in [-0.05, 0) is 35.9 Å². The van der Waals surface area contributed by atoms with E-state index < -0.39 is 6.10 Å². The number of benzene rings is 2. The molecule has 2 atom stereocenters. The third kappa shape index (κ3) is 3.29. The Morgan fingerprint density at radius 3 is 2.65 bits per heavy atom. The fourth-order valence-electron chi connectivity index (χ4n) is 3.00. The lowest BCUT2D eigenvalue weighted by Crippen LogP contribution is -2.42. The zero-order valence-corrected chi connectivity index (χ0v) is 13.9. The molecule has 4 rings (SSSR count). The van der Waals surface area contributed by atoms with Gasteiger partial charge in [-0.15, -0.1) is 0 Å². The summed E-state index contributed by atoms with van der Waals surface area (Å²) in [6.45, 7) is 0.553. The number of ether oxygens (including phenoxy) is 1. The number of halogens is 1. The van der Waals surface area contributed by atoms with Crippen molar-refractivity contribution in [2.24, 2.45) is 0 Å². The van der Waals surface area contributed by atoms with Gasteiger partial charge in [0.05, 0.1) is 30.9 Å². The first-order chi connectivity index (χ1) is 12.6. The molecule has 3 aromatic rings. The summed E-state index contributed by atoms with van der Waals surface area (Å²) in [6, 6.07) is 13.2. The standard InChI is InChI=1S/C20H17FN2O3/c21-16-6-5-14-7-15(9-22-17(14)8-16)12-1-3-13(4-2-12)20(25)23-18-10-26-11-19(18)24/h1-9,18-19,24H,10-11H2,(H,23,25)/t18-,19+/m0/s1. The van der Waals surface area contributed by atoms with E-state index in [1.807, 2.05) is 18.2 Å². The zero-order chi connectivity index (χ0) is 18.1. The van der Waals surface area contributed by atoms with Crippen LogP contribution in [0.1, 0.15) is 10.4 Å². The topological polar surface area (TPSA) is 71.5 Å². The van der Waals surface area contributed by atoms with Crippen molar-refractivity contribution in [2.45, 2.75) is 12.1 Å². The van der Waals surface area contributed by atoms with Crippen molar-refractivity contribution >= 4 is 16.8 Å². The van der Waals surface area contributed by atoms with Gasteiger partial charge in [0.2, 0.25) is 0 Å². The number of pyridine rings is 1. The maximum absolute atomic E-state index is 13.2. The number of rotatable bonds is 3. The van der Waals surface area contributed by atoms with Crippen molar-refractivity contribution < 1.29 is 19.0 Å². The molecule has 1 amide bonds. The first kappa shape index (κ1) is 16.6. The molecule has 1 aliphatic heterocycles. The Kier molecular flexibility index (Phi) is 4.36. The quantitative estimate of drug-likeness (QED) is 0.760. The summed E-state index contributed by atoms with van der Waals surface area (Å²) in [5.41, 5.74) is 2.89. The van der Waals surface area contributed by atoms with Gasteiger partial charge in [-0.25, -0.2) is 4.39 Å². The van der Waals surface area contributed by atoms with Crippen LogP contribution in [-0.4, -0.2) is 41.4 Å². The van der Waals surface area contributed by atoms with Gasteiger partial charge in [-0.2, -0.15) is 0 Å². The van der Waals surface area contributed by atoms with Gasteiger partial charge < -0.3 is 15.2 Å². The number of carbonyl (C=O) groups is 1. The molecule has 1 saturated heterocycles. The van der Waals surface area contributed by atoms with Crippen molar-refractivity contribution in [3.8, 4) is 11.1 Å². The molecule has 0 bridgehead atoms. The lowest BCUT2D eigenvalue weighted by atomic mass is 10.0. The SMILES string of the molecule is O=C(N[C@H]1COC[C@H]1O)c1ccc(-c2cnc3cc(F)ccc3c2)cc1. The average molecular weight is 352 g/mol. The van der Waals surface area contributed by atoms with E-state index in [9.17, 15) is 14.3 Å². The van der Waals surface area contributed by atoms with E-state index in [4.69, 9.17) is 4.74 Å². The molecule has 0 aliphatic carbocycles. The molecule has 2 heterocycles. The Hall–Kier alpha value is -2.83. The smallest absolute Gasteiger partial charge is 0.251 e. The van der Waals surface area contributed by atoms with E-state index in [1.54, 1.807) is 24.4 Å². The van der Waals surface area contributed by atoms with Crippen LogP contribution < -0.4 is 5.32 Å². The molecule has 6 heteroatoms. The van der Waals surface area contributed by atoms with Gasteiger partial charge in [0, 0.05) is 28.8 Å². The minimum Gasteiger partial charge on any atom is -0.388 e. The molecule has 1 fully saturated rings. The van der Waals surface area contributed by atoms with Crippen LogP contribution in [0.2, 0.25) is 0 Å². The molecule has 2 N–H and O–H groups in total. The van der Waals surface area contributed by atoms with Crippen LogP contribution in [0.4, 0.5) is 4.39 Å². The Morgan fingerprint density at radius 1 is 1.12 bits per heavy atom. The number of carbonyl (C=O) groups excluding carboxylic acids is 1. The molecule has 0 radical (unpaired) electrons. The van der Waals surface area contributed by atoms with Gasteiger partial charge in [0.15, 0.2) is 0 Å². The number of nitrogens with zero attached hydrogens (tertiary/aromatic N) is 1. The number of hydrogen-bond donors (Lipinski definition) is 2. The minimum atomic E-state index is -0.674. The molecule has 1 aliphatic rings. The summed E-state index contributed by atoms with van der Waals surface area (Å²) in [6.07, 6.45) is 1.01. The fraction of sp³-hybridized carbons (Fsp3) is 0.200. The number of amides is 1. The zero-order valence-electron chi connectivity index (χ0n) is 13.9. The van der Waals surface area contributed by atoms with E-state index in [0.29, 0.717) is 17.7 Å². The van der Waals surface area contributed by atoms with E-state index >= 15 is 0 Å². The number of aromatic nitrogens is 1. The average Bonchev–Trinajstić information content (AvgIpc) is 3.06. The van der Waals surface area contributed by atoms with Crippen LogP contribution in [0.3, 0.4) is 0 Å². The van der Waals surface area contributed by atoms with Crippen LogP contribution in [0.25, 0.3) is 22.0 Å². The lowest BCUT2D eigenvalue weighted by Gasteiger charge is -2.14. The lowest BCUT2D eigenvalue weighted by molar-refractivity contribution is 0.0886. The van der Waals surface area contributed by atoms with Crippen molar-refractivity contribution in [3.63, 3.8) is 0 Å². The van der Waals surface area contributed by atoms with E-state index in [1.165, 1.54) is 12.1 Å². The molecule has 5 nitrogen and oxygen atoms in total. The van der Waals surface area contributed by atoms with Crippen LogP contribution in [0.5, 0.6) is 0 Å². The Labute approximate surface area is 149 Å². The van der Waals surface area contributed by atoms with Gasteiger partial charge in [-0.1, -0.05) is 12.1 Å². The molecule has 0 saturated carbocycles. The second-order valence-electron chi connectivity index (χ2n) is 6.32. The van der Waals surface area contributed by atoms with Gasteiger partial charge in [-0.3, -0.25) is 9.78 Å². The summed E-state index contributed by atoms with van der Waals surface area (Å²) >= 11 is 0. The third-order valence-corrected chi connectivity index (χ3v) is 4.49. The molecule has 2 aromatic carbocycles. The highest BCUT2D eigenvalue weighted by Crippen LogP contribution is 2.23. The van der Waals surface area contributed by atoms with Crippen molar-refractivity contribution in [3.05, 3.63) is 66.1 Å². The van der Waals surface area contributed by atoms with Gasteiger partial charge >= 0.3 is 0 Å². The first-order valence-electron chi connectivity index (χ1n) is 8.32. The highest BCUT2D eigenvalue weighted by Gasteiger charge is 2.27. The number of aliphatic hydroxyl groups excluding tert-OH is 1. The van der Waals surface area contributed by atoms with Crippen LogP contribution in [0.15, 0.2) is 54.7 Å². The minimum absolute atomic E-state index is 0.239. The van der Waals surface area contributed by atoms with Gasteiger partial charge in [0.25, 0.3) is 5.91 Å². The highest BCUT2D eigenvalue weighted by atomic mass is 19.1. The van der Waals surface area contributed by atoms with Crippen LogP contribution >= 0.6 is 0 Å². The van der Waals surface area contributed by atoms with E-state index in [0.717, 1.165) is 16.5 Å². The van der Waals surface area contributed by atoms with Crippen molar-refractivity contribution in [1.82, 2.24) is 10.3 Å². The number of fused-ring (bicyclic) bond motifs is 1. The Morgan fingerprint density at radius 2 is 1.92 bits per heavy atom. The van der Waals surface area contributed by atoms with E-state index in [-0.39, 0.29) is 24.4 Å². The molecule has 132 valence electrons. The second-order valence-corrected chi connectivity index (χ2v) is 6.32. The third-order valence-electron chi connectivity index (χ3n) is 4.49. The largest absolute Gasteiger partial charge is 0.388 e. The molecular formula is C20H17FN2O3. The maximum Gasteiger partial charge on any atom is 0.251 e.